The standard InChI is InChI=1S/C22H27N5O3/c1-3-15-6-4-5-11-27(15)22-25-19-18(21(30)26-22)16(12-17(28)24-19)20(29)23-14-9-7-13(2)8-10-14/h7-10,15-16H,3-6,11-12H2,1-2H3,(H,23,29)(H2,24,25,26,28,30)/t15-,16+/m1/s1. The Morgan fingerprint density at radius 1 is 1.23 bits per heavy atom. The van der Waals surface area contributed by atoms with Crippen LogP contribution in [0.5, 0.6) is 0 Å². The number of carbonyl (C=O) groups is 2. The predicted octanol–water partition coefficient (Wildman–Crippen LogP) is 2.91. The van der Waals surface area contributed by atoms with E-state index in [1.165, 1.54) is 0 Å². The predicted molar refractivity (Wildman–Crippen MR) is 116 cm³/mol. The van der Waals surface area contributed by atoms with Gasteiger partial charge in [0.15, 0.2) is 0 Å². The summed E-state index contributed by atoms with van der Waals surface area (Å²) in [6.45, 7) is 4.89. The van der Waals surface area contributed by atoms with Gasteiger partial charge in [0, 0.05) is 24.7 Å². The van der Waals surface area contributed by atoms with E-state index in [1.54, 1.807) is 12.1 Å². The number of fused-ring (bicyclic) bond motifs is 1. The number of nitrogens with zero attached hydrogens (tertiary/aromatic N) is 2. The molecule has 1 saturated heterocycles. The second-order valence-corrected chi connectivity index (χ2v) is 8.06. The first kappa shape index (κ1) is 20.1. The number of H-pyrrole nitrogens is 1. The van der Waals surface area contributed by atoms with Crippen LogP contribution in [-0.2, 0) is 9.59 Å². The van der Waals surface area contributed by atoms with E-state index in [4.69, 9.17) is 0 Å². The van der Waals surface area contributed by atoms with E-state index in [-0.39, 0.29) is 35.2 Å². The number of carbonyl (C=O) groups excluding carboxylic acids is 2. The van der Waals surface area contributed by atoms with E-state index in [0.29, 0.717) is 17.7 Å². The molecule has 2 aliphatic rings. The van der Waals surface area contributed by atoms with Crippen LogP contribution in [0.15, 0.2) is 29.1 Å². The molecule has 3 N–H and O–H groups in total. The van der Waals surface area contributed by atoms with Gasteiger partial charge in [-0.05, 0) is 44.7 Å². The van der Waals surface area contributed by atoms with Crippen LogP contribution >= 0.6 is 0 Å². The van der Waals surface area contributed by atoms with Crippen molar-refractivity contribution >= 4 is 29.3 Å². The largest absolute Gasteiger partial charge is 0.339 e. The zero-order valence-electron chi connectivity index (χ0n) is 17.3. The maximum absolute atomic E-state index is 13.0. The zero-order valence-corrected chi connectivity index (χ0v) is 17.3. The van der Waals surface area contributed by atoms with Gasteiger partial charge in [0.05, 0.1) is 11.5 Å². The first-order chi connectivity index (χ1) is 14.5. The van der Waals surface area contributed by atoms with E-state index in [1.807, 2.05) is 19.1 Å². The summed E-state index contributed by atoms with van der Waals surface area (Å²) >= 11 is 0. The number of hydrogen-bond acceptors (Lipinski definition) is 5. The van der Waals surface area contributed by atoms with Gasteiger partial charge in [0.25, 0.3) is 5.56 Å². The van der Waals surface area contributed by atoms with Gasteiger partial charge in [0.2, 0.25) is 17.8 Å². The quantitative estimate of drug-likeness (QED) is 0.720. The highest BCUT2D eigenvalue weighted by Gasteiger charge is 2.35. The minimum absolute atomic E-state index is 0.0872. The Morgan fingerprint density at radius 3 is 2.73 bits per heavy atom. The highest BCUT2D eigenvalue weighted by molar-refractivity contribution is 6.04. The molecule has 0 unspecified atom stereocenters. The fourth-order valence-electron chi connectivity index (χ4n) is 4.29. The lowest BCUT2D eigenvalue weighted by Gasteiger charge is -2.36. The summed E-state index contributed by atoms with van der Waals surface area (Å²) in [7, 11) is 0. The van der Waals surface area contributed by atoms with Crippen molar-refractivity contribution in [2.24, 2.45) is 0 Å². The third-order valence-corrected chi connectivity index (χ3v) is 5.94. The highest BCUT2D eigenvalue weighted by Crippen LogP contribution is 2.31. The molecule has 1 aromatic carbocycles. The maximum Gasteiger partial charge on any atom is 0.258 e. The molecule has 4 rings (SSSR count). The Labute approximate surface area is 175 Å². The second-order valence-electron chi connectivity index (χ2n) is 8.06. The van der Waals surface area contributed by atoms with Crippen LogP contribution in [0.1, 0.15) is 56.1 Å². The maximum atomic E-state index is 13.0. The summed E-state index contributed by atoms with van der Waals surface area (Å²) in [4.78, 5) is 47.7. The summed E-state index contributed by atoms with van der Waals surface area (Å²) in [6, 6.07) is 7.68. The first-order valence-corrected chi connectivity index (χ1v) is 10.5. The van der Waals surface area contributed by atoms with Crippen molar-refractivity contribution in [3.8, 4) is 0 Å². The van der Waals surface area contributed by atoms with Crippen LogP contribution in [-0.4, -0.2) is 34.4 Å². The van der Waals surface area contributed by atoms with E-state index in [0.717, 1.165) is 37.8 Å². The van der Waals surface area contributed by atoms with Crippen molar-refractivity contribution in [3.05, 3.63) is 45.7 Å². The number of benzene rings is 1. The molecule has 1 fully saturated rings. The number of rotatable bonds is 4. The average molecular weight is 409 g/mol. The fraction of sp³-hybridized carbons (Fsp3) is 0.455. The van der Waals surface area contributed by atoms with Crippen LogP contribution in [0.25, 0.3) is 0 Å². The van der Waals surface area contributed by atoms with Crippen LogP contribution < -0.4 is 21.1 Å². The van der Waals surface area contributed by atoms with E-state index < -0.39 is 5.92 Å². The number of nitrogens with one attached hydrogen (secondary N) is 3. The highest BCUT2D eigenvalue weighted by atomic mass is 16.2. The number of anilines is 3. The molecule has 0 saturated carbocycles. The minimum Gasteiger partial charge on any atom is -0.339 e. The van der Waals surface area contributed by atoms with Gasteiger partial charge < -0.3 is 15.5 Å². The van der Waals surface area contributed by atoms with Gasteiger partial charge in [-0.15, -0.1) is 0 Å². The Kier molecular flexibility index (Phi) is 5.57. The molecule has 2 aromatic rings. The van der Waals surface area contributed by atoms with Crippen LogP contribution in [0.3, 0.4) is 0 Å². The van der Waals surface area contributed by atoms with Crippen LogP contribution in [0.2, 0.25) is 0 Å². The summed E-state index contributed by atoms with van der Waals surface area (Å²) in [5.74, 6) is -0.941. The molecule has 158 valence electrons. The number of hydrogen-bond donors (Lipinski definition) is 3. The molecule has 0 aliphatic carbocycles. The SMILES string of the molecule is CC[C@@H]1CCCCN1c1nc2c(c(=O)[nH]1)[C@@H](C(=O)Nc1ccc(C)cc1)CC(=O)N2. The number of aromatic amines is 1. The third kappa shape index (κ3) is 3.94. The molecule has 1 aromatic heterocycles. The summed E-state index contributed by atoms with van der Waals surface area (Å²) < 4.78 is 0. The summed E-state index contributed by atoms with van der Waals surface area (Å²) in [5, 5.41) is 5.50. The lowest BCUT2D eigenvalue weighted by Crippen LogP contribution is -2.43. The van der Waals surface area contributed by atoms with Gasteiger partial charge >= 0.3 is 0 Å². The Hall–Kier alpha value is -3.16. The Bertz CT molecular complexity index is 1010. The third-order valence-electron chi connectivity index (χ3n) is 5.94. The van der Waals surface area contributed by atoms with Crippen molar-refractivity contribution in [2.75, 3.05) is 22.1 Å². The smallest absolute Gasteiger partial charge is 0.258 e. The van der Waals surface area contributed by atoms with Crippen molar-refractivity contribution in [1.29, 1.82) is 0 Å². The number of amides is 2. The van der Waals surface area contributed by atoms with Crippen molar-refractivity contribution < 1.29 is 9.59 Å². The van der Waals surface area contributed by atoms with Gasteiger partial charge in [-0.3, -0.25) is 19.4 Å². The van der Waals surface area contributed by atoms with E-state index in [9.17, 15) is 14.4 Å². The van der Waals surface area contributed by atoms with E-state index >= 15 is 0 Å². The van der Waals surface area contributed by atoms with Crippen molar-refractivity contribution in [3.63, 3.8) is 0 Å². The molecular formula is C22H27N5O3. The first-order valence-electron chi connectivity index (χ1n) is 10.5. The lowest BCUT2D eigenvalue weighted by molar-refractivity contribution is -0.123. The molecule has 8 heteroatoms. The van der Waals surface area contributed by atoms with Crippen molar-refractivity contribution in [1.82, 2.24) is 9.97 Å². The molecule has 2 amide bonds. The van der Waals surface area contributed by atoms with E-state index in [2.05, 4.69) is 32.4 Å². The molecule has 0 bridgehead atoms. The van der Waals surface area contributed by atoms with Gasteiger partial charge in [-0.2, -0.15) is 4.98 Å². The number of aryl methyl sites for hydroxylation is 1. The molecule has 2 atom stereocenters. The normalized spacial score (nSPS) is 21.0. The van der Waals surface area contributed by atoms with Gasteiger partial charge in [0.1, 0.15) is 5.82 Å². The topological polar surface area (TPSA) is 107 Å². The molecule has 2 aliphatic heterocycles. The summed E-state index contributed by atoms with van der Waals surface area (Å²) in [6.07, 6.45) is 4.10. The molecular weight excluding hydrogens is 382 g/mol. The molecule has 0 spiro atoms. The molecule has 30 heavy (non-hydrogen) atoms. The Balaban J connectivity index is 1.65. The van der Waals surface area contributed by atoms with Crippen molar-refractivity contribution in [2.45, 2.75) is 57.9 Å². The zero-order chi connectivity index (χ0) is 21.3. The molecule has 3 heterocycles. The van der Waals surface area contributed by atoms with Gasteiger partial charge in [-0.25, -0.2) is 0 Å². The number of aromatic nitrogens is 2. The fourth-order valence-corrected chi connectivity index (χ4v) is 4.29. The van der Waals surface area contributed by atoms with Gasteiger partial charge in [-0.1, -0.05) is 24.6 Å². The second kappa shape index (κ2) is 8.30. The van der Waals surface area contributed by atoms with Crippen LogP contribution in [0.4, 0.5) is 17.5 Å². The van der Waals surface area contributed by atoms with Crippen LogP contribution in [0, 0.1) is 6.92 Å². The molecule has 0 radical (unpaired) electrons. The molecule has 8 nitrogen and oxygen atoms in total. The minimum atomic E-state index is -0.885. The summed E-state index contributed by atoms with van der Waals surface area (Å²) in [5.41, 5.74) is 1.54. The Morgan fingerprint density at radius 2 is 2.00 bits per heavy atom. The monoisotopic (exact) mass is 409 g/mol. The lowest BCUT2D eigenvalue weighted by atomic mass is 9.92. The average Bonchev–Trinajstić information content (AvgIpc) is 2.74. The number of piperidine rings is 1.